The maximum atomic E-state index is 12.6. The Bertz CT molecular complexity index is 1410. The fraction of sp³-hybridized carbons (Fsp3) is 0.308. The molecule has 3 amide bonds. The molecule has 0 radical (unpaired) electrons. The lowest BCUT2D eigenvalue weighted by Crippen LogP contribution is -2.45. The number of nitrogens with zero attached hydrogens (tertiary/aromatic N) is 2. The van der Waals surface area contributed by atoms with E-state index < -0.39 is 35.5 Å². The van der Waals surface area contributed by atoms with Crippen molar-refractivity contribution in [3.8, 4) is 17.2 Å². The minimum atomic E-state index is -0.804. The largest absolute Gasteiger partial charge is 0.493 e. The first-order chi connectivity index (χ1) is 19.6. The number of hydrogen-bond donors (Lipinski definition) is 3. The SMILES string of the molecule is CCOC(=O)C1=C(C)NC(=O)N[C@H]1c1ccc(OCC(=O)N/N=C/c2cc(Br)c(OCC)c([N+](=O)[O-])c2)c(OC)c1. The van der Waals surface area contributed by atoms with Crippen LogP contribution in [0.5, 0.6) is 17.2 Å². The third-order valence-corrected chi connectivity index (χ3v) is 6.17. The molecule has 41 heavy (non-hydrogen) atoms. The Labute approximate surface area is 243 Å². The first kappa shape index (κ1) is 30.9. The van der Waals surface area contributed by atoms with Gasteiger partial charge in [0.25, 0.3) is 5.91 Å². The van der Waals surface area contributed by atoms with Crippen molar-refractivity contribution in [2.24, 2.45) is 5.10 Å². The van der Waals surface area contributed by atoms with Crippen molar-refractivity contribution in [2.75, 3.05) is 26.9 Å². The van der Waals surface area contributed by atoms with Crippen LogP contribution in [-0.4, -0.2) is 56.0 Å². The zero-order chi connectivity index (χ0) is 30.1. The smallest absolute Gasteiger partial charge is 0.338 e. The molecule has 15 heteroatoms. The maximum Gasteiger partial charge on any atom is 0.338 e. The Kier molecular flexibility index (Phi) is 10.6. The Hall–Kier alpha value is -4.66. The molecule has 2 aromatic rings. The summed E-state index contributed by atoms with van der Waals surface area (Å²) in [4.78, 5) is 47.8. The molecule has 1 aliphatic heterocycles. The van der Waals surface area contributed by atoms with Crippen LogP contribution in [0.3, 0.4) is 0 Å². The number of nitrogens with one attached hydrogen (secondary N) is 3. The van der Waals surface area contributed by atoms with Crippen molar-refractivity contribution in [1.29, 1.82) is 0 Å². The van der Waals surface area contributed by atoms with Gasteiger partial charge in [-0.3, -0.25) is 14.9 Å². The minimum Gasteiger partial charge on any atom is -0.493 e. The Morgan fingerprint density at radius 3 is 2.59 bits per heavy atom. The van der Waals surface area contributed by atoms with Crippen LogP contribution in [0.2, 0.25) is 0 Å². The summed E-state index contributed by atoms with van der Waals surface area (Å²) in [5.41, 5.74) is 3.51. The third-order valence-electron chi connectivity index (χ3n) is 5.58. The Morgan fingerprint density at radius 2 is 1.93 bits per heavy atom. The fourth-order valence-electron chi connectivity index (χ4n) is 3.86. The van der Waals surface area contributed by atoms with Crippen LogP contribution >= 0.6 is 15.9 Å². The molecule has 1 aliphatic rings. The quantitative estimate of drug-likeness (QED) is 0.136. The number of esters is 1. The van der Waals surface area contributed by atoms with E-state index in [0.29, 0.717) is 21.3 Å². The number of allylic oxidation sites excluding steroid dienone is 1. The molecule has 0 spiro atoms. The summed E-state index contributed by atoms with van der Waals surface area (Å²) in [6, 6.07) is 6.27. The summed E-state index contributed by atoms with van der Waals surface area (Å²) >= 11 is 3.25. The molecule has 14 nitrogen and oxygen atoms in total. The summed E-state index contributed by atoms with van der Waals surface area (Å²) in [6.07, 6.45) is 1.24. The van der Waals surface area contributed by atoms with Crippen molar-refractivity contribution >= 4 is 45.7 Å². The highest BCUT2D eigenvalue weighted by molar-refractivity contribution is 9.10. The molecule has 0 bridgehead atoms. The lowest BCUT2D eigenvalue weighted by molar-refractivity contribution is -0.385. The van der Waals surface area contributed by atoms with E-state index in [0.717, 1.165) is 0 Å². The molecule has 3 rings (SSSR count). The van der Waals surface area contributed by atoms with Crippen molar-refractivity contribution in [3.05, 3.63) is 67.3 Å². The molecule has 0 saturated heterocycles. The summed E-state index contributed by atoms with van der Waals surface area (Å²) in [7, 11) is 1.40. The van der Waals surface area contributed by atoms with Crippen LogP contribution in [0.1, 0.15) is 37.9 Å². The van der Waals surface area contributed by atoms with E-state index in [4.69, 9.17) is 18.9 Å². The van der Waals surface area contributed by atoms with Gasteiger partial charge in [-0.1, -0.05) is 6.07 Å². The second-order valence-electron chi connectivity index (χ2n) is 8.32. The van der Waals surface area contributed by atoms with Crippen molar-refractivity contribution < 1.29 is 38.3 Å². The lowest BCUT2D eigenvalue weighted by atomic mass is 9.95. The van der Waals surface area contributed by atoms with Gasteiger partial charge in [0.2, 0.25) is 5.75 Å². The van der Waals surface area contributed by atoms with Crippen molar-refractivity contribution in [2.45, 2.75) is 26.8 Å². The van der Waals surface area contributed by atoms with Crippen LogP contribution in [0.25, 0.3) is 0 Å². The molecule has 1 atom stereocenters. The van der Waals surface area contributed by atoms with Crippen molar-refractivity contribution in [1.82, 2.24) is 16.1 Å². The number of nitro benzene ring substituents is 1. The average Bonchev–Trinajstić information content (AvgIpc) is 2.92. The van der Waals surface area contributed by atoms with Gasteiger partial charge in [0.1, 0.15) is 0 Å². The predicted molar refractivity (Wildman–Crippen MR) is 150 cm³/mol. The van der Waals surface area contributed by atoms with E-state index in [-0.39, 0.29) is 41.7 Å². The summed E-state index contributed by atoms with van der Waals surface area (Å²) in [5.74, 6) is -0.621. The highest BCUT2D eigenvalue weighted by atomic mass is 79.9. The van der Waals surface area contributed by atoms with Crippen LogP contribution in [-0.2, 0) is 14.3 Å². The first-order valence-electron chi connectivity index (χ1n) is 12.3. The number of nitro groups is 1. The minimum absolute atomic E-state index is 0.0952. The molecule has 218 valence electrons. The predicted octanol–water partition coefficient (Wildman–Crippen LogP) is 3.48. The molecule has 0 saturated carbocycles. The summed E-state index contributed by atoms with van der Waals surface area (Å²) < 4.78 is 21.8. The number of hydrazone groups is 1. The number of methoxy groups -OCH3 is 1. The van der Waals surface area contributed by atoms with E-state index in [9.17, 15) is 24.5 Å². The fourth-order valence-corrected chi connectivity index (χ4v) is 4.44. The van der Waals surface area contributed by atoms with Gasteiger partial charge in [-0.2, -0.15) is 5.10 Å². The molecule has 0 aromatic heterocycles. The molecular weight excluding hydrogens is 606 g/mol. The average molecular weight is 634 g/mol. The monoisotopic (exact) mass is 633 g/mol. The van der Waals surface area contributed by atoms with Gasteiger partial charge < -0.3 is 29.6 Å². The summed E-state index contributed by atoms with van der Waals surface area (Å²) in [6.45, 7) is 4.97. The molecule has 0 aliphatic carbocycles. The zero-order valence-corrected chi connectivity index (χ0v) is 24.2. The van der Waals surface area contributed by atoms with E-state index in [2.05, 4.69) is 37.1 Å². The van der Waals surface area contributed by atoms with E-state index in [1.807, 2.05) is 0 Å². The van der Waals surface area contributed by atoms with Gasteiger partial charge in [0, 0.05) is 17.3 Å². The van der Waals surface area contributed by atoms with E-state index >= 15 is 0 Å². The van der Waals surface area contributed by atoms with Gasteiger partial charge >= 0.3 is 17.7 Å². The lowest BCUT2D eigenvalue weighted by Gasteiger charge is -2.28. The van der Waals surface area contributed by atoms with E-state index in [1.165, 1.54) is 25.5 Å². The topological polar surface area (TPSA) is 180 Å². The second-order valence-corrected chi connectivity index (χ2v) is 9.18. The number of ether oxygens (including phenoxy) is 4. The standard InChI is InChI=1S/C26H28BrN5O9/c1-5-39-24-17(27)9-15(10-18(24)32(36)37)12-28-31-21(33)13-41-19-8-7-16(11-20(19)38-4)23-22(25(34)40-6-2)14(3)29-26(35)30-23/h7-12,23H,5-6,13H2,1-4H3,(H,31,33)(H2,29,30,35)/b28-12+/t23-/m0/s1. The van der Waals surface area contributed by atoms with E-state index in [1.54, 1.807) is 39.0 Å². The highest BCUT2D eigenvalue weighted by Crippen LogP contribution is 2.36. The number of carbonyl (C=O) groups excluding carboxylic acids is 3. The number of rotatable bonds is 12. The first-order valence-corrected chi connectivity index (χ1v) is 13.1. The molecule has 2 aromatic carbocycles. The molecule has 0 unspecified atom stereocenters. The summed E-state index contributed by atoms with van der Waals surface area (Å²) in [5, 5.41) is 20.5. The zero-order valence-electron chi connectivity index (χ0n) is 22.6. The van der Waals surface area contributed by atoms with Crippen LogP contribution in [0.15, 0.2) is 51.2 Å². The molecule has 3 N–H and O–H groups in total. The number of benzene rings is 2. The van der Waals surface area contributed by atoms with Gasteiger partial charge in [0.05, 0.1) is 47.5 Å². The number of carbonyl (C=O) groups is 3. The number of amides is 3. The van der Waals surface area contributed by atoms with Crippen LogP contribution in [0, 0.1) is 10.1 Å². The van der Waals surface area contributed by atoms with Gasteiger partial charge in [-0.25, -0.2) is 15.0 Å². The van der Waals surface area contributed by atoms with Gasteiger partial charge in [0.15, 0.2) is 18.1 Å². The highest BCUT2D eigenvalue weighted by Gasteiger charge is 2.32. The van der Waals surface area contributed by atoms with Gasteiger partial charge in [-0.15, -0.1) is 0 Å². The number of urea groups is 1. The molecule has 1 heterocycles. The molecule has 0 fully saturated rings. The van der Waals surface area contributed by atoms with Crippen LogP contribution < -0.4 is 30.3 Å². The Morgan fingerprint density at radius 1 is 1.17 bits per heavy atom. The van der Waals surface area contributed by atoms with Crippen LogP contribution in [0.4, 0.5) is 10.5 Å². The number of hydrogen-bond acceptors (Lipinski definition) is 10. The third kappa shape index (κ3) is 7.72. The molecular formula is C26H28BrN5O9. The number of halogens is 1. The van der Waals surface area contributed by atoms with Crippen molar-refractivity contribution in [3.63, 3.8) is 0 Å². The second kappa shape index (κ2) is 14.1. The van der Waals surface area contributed by atoms with Gasteiger partial charge in [-0.05, 0) is 60.5 Å². The Balaban J connectivity index is 1.69. The normalized spacial score (nSPS) is 14.7. The maximum absolute atomic E-state index is 12.6.